The second-order valence-electron chi connectivity index (χ2n) is 10.3. The first kappa shape index (κ1) is 28.4. The summed E-state index contributed by atoms with van der Waals surface area (Å²) in [5.41, 5.74) is 1.08. The van der Waals surface area contributed by atoms with E-state index in [1.807, 2.05) is 37.1 Å². The zero-order valence-electron chi connectivity index (χ0n) is 22.5. The van der Waals surface area contributed by atoms with Crippen LogP contribution in [0.3, 0.4) is 0 Å². The molecule has 2 fully saturated rings. The van der Waals surface area contributed by atoms with Crippen LogP contribution in [-0.4, -0.2) is 84.0 Å². The Balaban J connectivity index is 1.40. The number of piperazine rings is 1. The minimum atomic E-state index is -4.34. The SMILES string of the molecule is CCN(CC)C(=O)CC[C@H]1CN(Cc2ccccn2)CC[C@H]1N1CCN(c2cccc(C(F)(F)F)c2)CC1. The lowest BCUT2D eigenvalue weighted by molar-refractivity contribution is -0.137. The molecule has 38 heavy (non-hydrogen) atoms. The van der Waals surface area contributed by atoms with Gasteiger partial charge in [0.1, 0.15) is 0 Å². The van der Waals surface area contributed by atoms with Crippen LogP contribution < -0.4 is 4.90 Å². The van der Waals surface area contributed by atoms with Gasteiger partial charge in [-0.3, -0.25) is 19.6 Å². The number of likely N-dealkylation sites (tertiary alicyclic amines) is 1. The molecule has 1 aromatic heterocycles. The Morgan fingerprint density at radius 1 is 1.03 bits per heavy atom. The van der Waals surface area contributed by atoms with E-state index < -0.39 is 11.7 Å². The number of rotatable bonds is 9. The molecule has 2 saturated heterocycles. The molecule has 2 atom stereocenters. The van der Waals surface area contributed by atoms with Gasteiger partial charge in [0.2, 0.25) is 5.91 Å². The van der Waals surface area contributed by atoms with Gasteiger partial charge in [-0.05, 0) is 62.9 Å². The lowest BCUT2D eigenvalue weighted by atomic mass is 9.86. The lowest BCUT2D eigenvalue weighted by Gasteiger charge is -2.47. The maximum Gasteiger partial charge on any atom is 0.416 e. The van der Waals surface area contributed by atoms with Gasteiger partial charge in [-0.2, -0.15) is 13.2 Å². The number of hydrogen-bond acceptors (Lipinski definition) is 5. The Kier molecular flexibility index (Phi) is 9.65. The number of pyridine rings is 1. The number of hydrogen-bond donors (Lipinski definition) is 0. The molecule has 0 aliphatic carbocycles. The highest BCUT2D eigenvalue weighted by Gasteiger charge is 2.36. The highest BCUT2D eigenvalue weighted by atomic mass is 19.4. The van der Waals surface area contributed by atoms with Crippen molar-refractivity contribution in [2.45, 2.75) is 51.9 Å². The van der Waals surface area contributed by atoms with Crippen molar-refractivity contribution in [1.82, 2.24) is 19.7 Å². The Bertz CT molecular complexity index is 1020. The molecule has 0 bridgehead atoms. The number of carbonyl (C=O) groups is 1. The summed E-state index contributed by atoms with van der Waals surface area (Å²) in [7, 11) is 0. The fraction of sp³-hybridized carbons (Fsp3) is 0.586. The minimum absolute atomic E-state index is 0.213. The molecule has 208 valence electrons. The summed E-state index contributed by atoms with van der Waals surface area (Å²) in [6, 6.07) is 12.0. The number of aromatic nitrogens is 1. The van der Waals surface area contributed by atoms with Crippen molar-refractivity contribution in [2.75, 3.05) is 57.3 Å². The average Bonchev–Trinajstić information content (AvgIpc) is 2.93. The molecule has 2 aliphatic rings. The van der Waals surface area contributed by atoms with E-state index in [-0.39, 0.29) is 5.91 Å². The number of alkyl halides is 3. The van der Waals surface area contributed by atoms with Gasteiger partial charge < -0.3 is 9.80 Å². The summed E-state index contributed by atoms with van der Waals surface area (Å²) in [4.78, 5) is 26.2. The van der Waals surface area contributed by atoms with Gasteiger partial charge in [0.15, 0.2) is 0 Å². The van der Waals surface area contributed by atoms with Crippen LogP contribution in [0.2, 0.25) is 0 Å². The van der Waals surface area contributed by atoms with Crippen LogP contribution >= 0.6 is 0 Å². The smallest absolute Gasteiger partial charge is 0.369 e. The highest BCUT2D eigenvalue weighted by molar-refractivity contribution is 5.76. The van der Waals surface area contributed by atoms with Gasteiger partial charge in [-0.25, -0.2) is 0 Å². The second-order valence-corrected chi connectivity index (χ2v) is 10.3. The lowest BCUT2D eigenvalue weighted by Crippen LogP contribution is -2.56. The summed E-state index contributed by atoms with van der Waals surface area (Å²) < 4.78 is 39.6. The Morgan fingerprint density at radius 3 is 2.45 bits per heavy atom. The second kappa shape index (κ2) is 12.9. The van der Waals surface area contributed by atoms with Crippen molar-refractivity contribution in [3.8, 4) is 0 Å². The molecule has 0 spiro atoms. The van der Waals surface area contributed by atoms with Crippen LogP contribution in [0.5, 0.6) is 0 Å². The summed E-state index contributed by atoms with van der Waals surface area (Å²) in [6.07, 6.45) is -0.111. The third kappa shape index (κ3) is 7.26. The fourth-order valence-electron chi connectivity index (χ4n) is 5.96. The fourth-order valence-corrected chi connectivity index (χ4v) is 5.96. The van der Waals surface area contributed by atoms with Crippen LogP contribution in [0.25, 0.3) is 0 Å². The van der Waals surface area contributed by atoms with Gasteiger partial charge in [0.05, 0.1) is 11.3 Å². The molecule has 0 unspecified atom stereocenters. The minimum Gasteiger partial charge on any atom is -0.369 e. The third-order valence-electron chi connectivity index (χ3n) is 8.06. The number of halogens is 3. The van der Waals surface area contributed by atoms with Gasteiger partial charge >= 0.3 is 6.18 Å². The van der Waals surface area contributed by atoms with E-state index >= 15 is 0 Å². The van der Waals surface area contributed by atoms with E-state index in [0.717, 1.165) is 70.4 Å². The molecule has 0 radical (unpaired) electrons. The Labute approximate surface area is 224 Å². The van der Waals surface area contributed by atoms with Gasteiger partial charge in [0.25, 0.3) is 0 Å². The van der Waals surface area contributed by atoms with Crippen molar-refractivity contribution in [2.24, 2.45) is 5.92 Å². The van der Waals surface area contributed by atoms with Crippen molar-refractivity contribution in [1.29, 1.82) is 0 Å². The van der Waals surface area contributed by atoms with Crippen LogP contribution in [0.1, 0.15) is 44.4 Å². The average molecular weight is 532 g/mol. The van der Waals surface area contributed by atoms with E-state index in [4.69, 9.17) is 0 Å². The molecule has 2 aromatic rings. The molecule has 2 aliphatic heterocycles. The van der Waals surface area contributed by atoms with E-state index in [1.54, 1.807) is 6.07 Å². The summed E-state index contributed by atoms with van der Waals surface area (Å²) in [5.74, 6) is 0.567. The molecular weight excluding hydrogens is 491 g/mol. The maximum atomic E-state index is 13.2. The van der Waals surface area contributed by atoms with E-state index in [1.165, 1.54) is 12.1 Å². The quantitative estimate of drug-likeness (QED) is 0.467. The third-order valence-corrected chi connectivity index (χ3v) is 8.06. The normalized spacial score (nSPS) is 21.4. The van der Waals surface area contributed by atoms with Crippen molar-refractivity contribution in [3.63, 3.8) is 0 Å². The number of amides is 1. The van der Waals surface area contributed by atoms with Crippen LogP contribution in [0.4, 0.5) is 18.9 Å². The topological polar surface area (TPSA) is 42.9 Å². The van der Waals surface area contributed by atoms with Crippen LogP contribution in [0.15, 0.2) is 48.7 Å². The van der Waals surface area contributed by atoms with Gasteiger partial charge in [-0.15, -0.1) is 0 Å². The molecule has 0 saturated carbocycles. The van der Waals surface area contributed by atoms with Crippen molar-refractivity contribution < 1.29 is 18.0 Å². The van der Waals surface area contributed by atoms with Crippen molar-refractivity contribution >= 4 is 11.6 Å². The summed E-state index contributed by atoms with van der Waals surface area (Å²) >= 11 is 0. The first-order chi connectivity index (χ1) is 18.3. The predicted octanol–water partition coefficient (Wildman–Crippen LogP) is 4.76. The zero-order valence-corrected chi connectivity index (χ0v) is 22.5. The number of carbonyl (C=O) groups excluding carboxylic acids is 1. The van der Waals surface area contributed by atoms with Crippen LogP contribution in [0, 0.1) is 5.92 Å². The van der Waals surface area contributed by atoms with E-state index in [0.29, 0.717) is 37.2 Å². The number of benzene rings is 1. The molecule has 1 amide bonds. The zero-order chi connectivity index (χ0) is 27.1. The predicted molar refractivity (Wildman–Crippen MR) is 144 cm³/mol. The first-order valence-electron chi connectivity index (χ1n) is 13.8. The summed E-state index contributed by atoms with van der Waals surface area (Å²) in [6.45, 7) is 11.2. The largest absolute Gasteiger partial charge is 0.416 e. The molecular formula is C29H40F3N5O. The van der Waals surface area contributed by atoms with Crippen LogP contribution in [-0.2, 0) is 17.5 Å². The molecule has 6 nitrogen and oxygen atoms in total. The van der Waals surface area contributed by atoms with E-state index in [9.17, 15) is 18.0 Å². The molecule has 3 heterocycles. The molecule has 9 heteroatoms. The number of anilines is 1. The number of nitrogens with zero attached hydrogens (tertiary/aromatic N) is 5. The summed E-state index contributed by atoms with van der Waals surface area (Å²) in [5, 5.41) is 0. The number of piperidine rings is 1. The Morgan fingerprint density at radius 2 is 1.79 bits per heavy atom. The molecule has 4 rings (SSSR count). The Hall–Kier alpha value is -2.65. The maximum absolute atomic E-state index is 13.2. The van der Waals surface area contributed by atoms with Crippen molar-refractivity contribution in [3.05, 3.63) is 59.9 Å². The monoisotopic (exact) mass is 531 g/mol. The highest BCUT2D eigenvalue weighted by Crippen LogP contribution is 2.33. The van der Waals surface area contributed by atoms with E-state index in [2.05, 4.69) is 25.8 Å². The first-order valence-corrected chi connectivity index (χ1v) is 13.8. The van der Waals surface area contributed by atoms with Gasteiger partial charge in [0, 0.05) is 83.2 Å². The molecule has 0 N–H and O–H groups in total. The standard InChI is InChI=1S/C29H40F3N5O/c1-3-35(4-2)28(38)12-11-23-21-34(22-25-9-5-6-14-33-25)15-13-27(23)37-18-16-36(17-19-37)26-10-7-8-24(20-26)29(30,31)32/h5-10,14,20,23,27H,3-4,11-13,15-19,21-22H2,1-2H3/t23-,27+/m0/s1. The molecule has 1 aromatic carbocycles. The van der Waals surface area contributed by atoms with Gasteiger partial charge in [-0.1, -0.05) is 12.1 Å².